The number of nitrogens with one attached hydrogen (secondary N) is 1. The molecule has 0 spiro atoms. The van der Waals surface area contributed by atoms with E-state index in [9.17, 15) is 4.79 Å². The molecule has 3 rings (SSSR count). The second-order valence-corrected chi connectivity index (χ2v) is 6.15. The number of methoxy groups -OCH3 is 1. The molecule has 23 heavy (non-hydrogen) atoms. The summed E-state index contributed by atoms with van der Waals surface area (Å²) in [7, 11) is 1.61. The van der Waals surface area contributed by atoms with Gasteiger partial charge in [0, 0.05) is 37.1 Å². The molecule has 0 aliphatic carbocycles. The Morgan fingerprint density at radius 3 is 2.96 bits per heavy atom. The van der Waals surface area contributed by atoms with Gasteiger partial charge < -0.3 is 14.5 Å². The van der Waals surface area contributed by atoms with Crippen molar-refractivity contribution < 1.29 is 9.15 Å². The number of fused-ring (bicyclic) bond motifs is 3. The molecule has 1 aromatic carbocycles. The standard InChI is InChI=1S/C18H24N2O3/c1-4-19-12(2)10-20-8-7-14-15-6-5-13(22-3)9-17(15)23-18(21)16(14)11-20/h5-6,9,12,19H,4,7-8,10-11H2,1-3H3. The average molecular weight is 316 g/mol. The Hall–Kier alpha value is -1.85. The van der Waals surface area contributed by atoms with Gasteiger partial charge in [-0.1, -0.05) is 6.92 Å². The Bertz CT molecular complexity index is 754. The minimum absolute atomic E-state index is 0.221. The molecule has 0 amide bonds. The Labute approximate surface area is 136 Å². The first-order valence-corrected chi connectivity index (χ1v) is 8.20. The summed E-state index contributed by atoms with van der Waals surface area (Å²) in [5.74, 6) is 0.706. The van der Waals surface area contributed by atoms with Crippen molar-refractivity contribution in [2.45, 2.75) is 32.9 Å². The number of rotatable bonds is 5. The summed E-state index contributed by atoms with van der Waals surface area (Å²) < 4.78 is 10.7. The maximum atomic E-state index is 12.4. The van der Waals surface area contributed by atoms with E-state index in [-0.39, 0.29) is 5.63 Å². The first-order chi connectivity index (χ1) is 11.1. The van der Waals surface area contributed by atoms with Crippen LogP contribution in [-0.4, -0.2) is 37.7 Å². The zero-order valence-electron chi connectivity index (χ0n) is 14.0. The molecule has 1 unspecified atom stereocenters. The number of ether oxygens (including phenoxy) is 1. The third-order valence-electron chi connectivity index (χ3n) is 4.47. The highest BCUT2D eigenvalue weighted by molar-refractivity contribution is 5.82. The molecular weight excluding hydrogens is 292 g/mol. The normalized spacial score (nSPS) is 16.3. The summed E-state index contributed by atoms with van der Waals surface area (Å²) in [4.78, 5) is 14.7. The van der Waals surface area contributed by atoms with Gasteiger partial charge in [0.15, 0.2) is 0 Å². The van der Waals surface area contributed by atoms with Gasteiger partial charge in [-0.2, -0.15) is 0 Å². The number of benzene rings is 1. The van der Waals surface area contributed by atoms with E-state index >= 15 is 0 Å². The SMILES string of the molecule is CCNC(C)CN1CCc2c(c(=O)oc3cc(OC)ccc23)C1. The van der Waals surface area contributed by atoms with Crippen LogP contribution in [0.2, 0.25) is 0 Å². The lowest BCUT2D eigenvalue weighted by atomic mass is 9.97. The zero-order chi connectivity index (χ0) is 16.4. The Kier molecular flexibility index (Phi) is 4.68. The molecule has 0 saturated carbocycles. The molecule has 2 heterocycles. The van der Waals surface area contributed by atoms with E-state index in [0.717, 1.165) is 42.6 Å². The molecular formula is C18H24N2O3. The number of likely N-dealkylation sites (N-methyl/N-ethyl adjacent to an activating group) is 1. The van der Waals surface area contributed by atoms with Gasteiger partial charge in [0.2, 0.25) is 0 Å². The lowest BCUT2D eigenvalue weighted by molar-refractivity contribution is 0.227. The topological polar surface area (TPSA) is 54.7 Å². The van der Waals surface area contributed by atoms with E-state index in [1.165, 1.54) is 0 Å². The zero-order valence-corrected chi connectivity index (χ0v) is 14.0. The Balaban J connectivity index is 1.91. The number of hydrogen-bond acceptors (Lipinski definition) is 5. The van der Waals surface area contributed by atoms with Crippen molar-refractivity contribution in [2.24, 2.45) is 0 Å². The van der Waals surface area contributed by atoms with Crippen LogP contribution in [0.3, 0.4) is 0 Å². The Morgan fingerprint density at radius 1 is 1.39 bits per heavy atom. The van der Waals surface area contributed by atoms with Crippen molar-refractivity contribution in [1.82, 2.24) is 10.2 Å². The molecule has 1 aromatic heterocycles. The van der Waals surface area contributed by atoms with Crippen molar-refractivity contribution in [2.75, 3.05) is 26.7 Å². The summed E-state index contributed by atoms with van der Waals surface area (Å²) in [5, 5.41) is 4.44. The molecule has 124 valence electrons. The first kappa shape index (κ1) is 16.0. The van der Waals surface area contributed by atoms with Gasteiger partial charge in [0.05, 0.1) is 12.7 Å². The summed E-state index contributed by atoms with van der Waals surface area (Å²) in [6.07, 6.45) is 0.878. The molecule has 0 fully saturated rings. The summed E-state index contributed by atoms with van der Waals surface area (Å²) >= 11 is 0. The van der Waals surface area contributed by atoms with E-state index in [1.807, 2.05) is 12.1 Å². The summed E-state index contributed by atoms with van der Waals surface area (Å²) in [6.45, 7) is 7.81. The van der Waals surface area contributed by atoms with Gasteiger partial charge >= 0.3 is 5.63 Å². The molecule has 0 saturated heterocycles. The van der Waals surface area contributed by atoms with E-state index in [2.05, 4.69) is 24.1 Å². The predicted octanol–water partition coefficient (Wildman–Crippen LogP) is 2.16. The molecule has 1 atom stereocenters. The molecule has 0 radical (unpaired) electrons. The molecule has 1 N–H and O–H groups in total. The van der Waals surface area contributed by atoms with Crippen LogP contribution in [-0.2, 0) is 13.0 Å². The highest BCUT2D eigenvalue weighted by Gasteiger charge is 2.23. The Morgan fingerprint density at radius 2 is 2.22 bits per heavy atom. The average Bonchev–Trinajstić information content (AvgIpc) is 2.55. The van der Waals surface area contributed by atoms with Crippen molar-refractivity contribution >= 4 is 11.0 Å². The van der Waals surface area contributed by atoms with E-state index in [4.69, 9.17) is 9.15 Å². The van der Waals surface area contributed by atoms with Gasteiger partial charge in [-0.3, -0.25) is 4.90 Å². The molecule has 5 nitrogen and oxygen atoms in total. The monoisotopic (exact) mass is 316 g/mol. The first-order valence-electron chi connectivity index (χ1n) is 8.20. The third kappa shape index (κ3) is 3.26. The van der Waals surface area contributed by atoms with Crippen LogP contribution in [0.15, 0.2) is 27.4 Å². The van der Waals surface area contributed by atoms with Crippen LogP contribution < -0.4 is 15.7 Å². The second kappa shape index (κ2) is 6.72. The van der Waals surface area contributed by atoms with E-state index in [0.29, 0.717) is 23.9 Å². The van der Waals surface area contributed by atoms with Gasteiger partial charge in [0.25, 0.3) is 0 Å². The van der Waals surface area contributed by atoms with E-state index in [1.54, 1.807) is 13.2 Å². The van der Waals surface area contributed by atoms with Crippen molar-refractivity contribution in [3.8, 4) is 5.75 Å². The minimum atomic E-state index is -0.221. The summed E-state index contributed by atoms with van der Waals surface area (Å²) in [6, 6.07) is 6.12. The molecule has 0 bridgehead atoms. The fraction of sp³-hybridized carbons (Fsp3) is 0.500. The molecule has 1 aliphatic rings. The maximum absolute atomic E-state index is 12.4. The van der Waals surface area contributed by atoms with Crippen molar-refractivity contribution in [3.05, 3.63) is 39.7 Å². The second-order valence-electron chi connectivity index (χ2n) is 6.15. The molecule has 5 heteroatoms. The lowest BCUT2D eigenvalue weighted by Crippen LogP contribution is -2.42. The fourth-order valence-electron chi connectivity index (χ4n) is 3.38. The smallest absolute Gasteiger partial charge is 0.341 e. The number of hydrogen-bond donors (Lipinski definition) is 1. The predicted molar refractivity (Wildman–Crippen MR) is 91.2 cm³/mol. The lowest BCUT2D eigenvalue weighted by Gasteiger charge is -2.30. The van der Waals surface area contributed by atoms with Gasteiger partial charge in [0.1, 0.15) is 11.3 Å². The largest absolute Gasteiger partial charge is 0.497 e. The van der Waals surface area contributed by atoms with Gasteiger partial charge in [-0.15, -0.1) is 0 Å². The minimum Gasteiger partial charge on any atom is -0.497 e. The van der Waals surface area contributed by atoms with Gasteiger partial charge in [-0.05, 0) is 37.6 Å². The highest BCUT2D eigenvalue weighted by atomic mass is 16.5. The van der Waals surface area contributed by atoms with E-state index < -0.39 is 0 Å². The maximum Gasteiger partial charge on any atom is 0.341 e. The van der Waals surface area contributed by atoms with Crippen molar-refractivity contribution in [3.63, 3.8) is 0 Å². The van der Waals surface area contributed by atoms with Crippen LogP contribution in [0, 0.1) is 0 Å². The van der Waals surface area contributed by atoms with Crippen LogP contribution in [0.4, 0.5) is 0 Å². The quantitative estimate of drug-likeness (QED) is 0.857. The molecule has 1 aliphatic heterocycles. The number of nitrogens with zero attached hydrogens (tertiary/aromatic N) is 1. The highest BCUT2D eigenvalue weighted by Crippen LogP contribution is 2.27. The molecule has 2 aromatic rings. The van der Waals surface area contributed by atoms with Crippen LogP contribution >= 0.6 is 0 Å². The van der Waals surface area contributed by atoms with Crippen molar-refractivity contribution in [1.29, 1.82) is 0 Å². The van der Waals surface area contributed by atoms with Crippen LogP contribution in [0.25, 0.3) is 11.0 Å². The van der Waals surface area contributed by atoms with Gasteiger partial charge in [-0.25, -0.2) is 4.79 Å². The fourth-order valence-corrected chi connectivity index (χ4v) is 3.38. The van der Waals surface area contributed by atoms with Crippen LogP contribution in [0.1, 0.15) is 25.0 Å². The summed E-state index contributed by atoms with van der Waals surface area (Å²) in [5.41, 5.74) is 2.33. The van der Waals surface area contributed by atoms with Crippen LogP contribution in [0.5, 0.6) is 5.75 Å². The third-order valence-corrected chi connectivity index (χ3v) is 4.47.